The number of carbonyl (C=O) groups excluding carboxylic acids is 1. The van der Waals surface area contributed by atoms with Gasteiger partial charge in [-0.3, -0.25) is 14.5 Å². The Balaban J connectivity index is 1.08. The predicted octanol–water partition coefficient (Wildman–Crippen LogP) is 6.62. The van der Waals surface area contributed by atoms with E-state index < -0.39 is 5.97 Å². The van der Waals surface area contributed by atoms with Crippen molar-refractivity contribution < 1.29 is 28.9 Å². The van der Waals surface area contributed by atoms with E-state index in [1.165, 1.54) is 5.56 Å². The zero-order chi connectivity index (χ0) is 36.4. The van der Waals surface area contributed by atoms with Crippen LogP contribution in [0.2, 0.25) is 5.02 Å². The summed E-state index contributed by atoms with van der Waals surface area (Å²) >= 11 is 7.19. The van der Waals surface area contributed by atoms with Crippen LogP contribution in [0.5, 0.6) is 17.6 Å². The average Bonchev–Trinajstić information content (AvgIpc) is 3.90. The second kappa shape index (κ2) is 15.6. The molecule has 2 aliphatic carbocycles. The summed E-state index contributed by atoms with van der Waals surface area (Å²) in [5, 5.41) is 13.5. The number of hydrogen-bond donors (Lipinski definition) is 2. The lowest BCUT2D eigenvalue weighted by atomic mass is 9.94. The number of rotatable bonds is 13. The fourth-order valence-corrected chi connectivity index (χ4v) is 8.10. The van der Waals surface area contributed by atoms with E-state index in [2.05, 4.69) is 22.3 Å². The molecule has 0 spiro atoms. The van der Waals surface area contributed by atoms with Crippen LogP contribution >= 0.6 is 11.6 Å². The smallest absolute Gasteiger partial charge is 0.307 e. The third-order valence-electron chi connectivity index (χ3n) is 10.5. The molecule has 1 saturated carbocycles. The van der Waals surface area contributed by atoms with E-state index in [9.17, 15) is 14.7 Å². The van der Waals surface area contributed by atoms with Crippen molar-refractivity contribution in [2.24, 2.45) is 11.8 Å². The van der Waals surface area contributed by atoms with Gasteiger partial charge in [0.1, 0.15) is 17.6 Å². The van der Waals surface area contributed by atoms with Crippen molar-refractivity contribution in [2.75, 3.05) is 33.9 Å². The van der Waals surface area contributed by atoms with Crippen molar-refractivity contribution >= 4 is 23.4 Å². The topological polar surface area (TPSA) is 136 Å². The molecule has 272 valence electrons. The number of carbonyl (C=O) groups is 2. The molecule has 2 aromatic carbocycles. The van der Waals surface area contributed by atoms with Gasteiger partial charge in [-0.15, -0.1) is 0 Å². The molecule has 52 heavy (non-hydrogen) atoms. The first kappa shape index (κ1) is 35.8. The molecule has 3 heterocycles. The van der Waals surface area contributed by atoms with Crippen molar-refractivity contribution in [1.29, 1.82) is 0 Å². The van der Waals surface area contributed by atoms with Gasteiger partial charge in [0.25, 0.3) is 0 Å². The Bertz CT molecular complexity index is 1990. The molecule has 2 N–H and O–H groups in total. The first-order valence-corrected chi connectivity index (χ1v) is 18.3. The van der Waals surface area contributed by atoms with Crippen LogP contribution in [0, 0.1) is 18.8 Å². The van der Waals surface area contributed by atoms with Gasteiger partial charge in [-0.25, -0.2) is 9.97 Å². The Kier molecular flexibility index (Phi) is 10.7. The molecule has 1 saturated heterocycles. The number of methoxy groups -OCH3 is 2. The number of benzene rings is 2. The number of likely N-dealkylation sites (tertiary alicyclic amines) is 1. The third-order valence-corrected chi connectivity index (χ3v) is 10.9. The van der Waals surface area contributed by atoms with E-state index >= 15 is 0 Å². The largest absolute Gasteiger partial charge is 0.481 e. The molecule has 3 atom stereocenters. The lowest BCUT2D eigenvalue weighted by Crippen LogP contribution is -2.24. The number of nitrogens with zero attached hydrogens (tertiary/aromatic N) is 4. The Morgan fingerprint density at radius 1 is 0.942 bits per heavy atom. The summed E-state index contributed by atoms with van der Waals surface area (Å²) in [4.78, 5) is 39.5. The molecule has 2 aromatic heterocycles. The zero-order valence-corrected chi connectivity index (χ0v) is 30.5. The van der Waals surface area contributed by atoms with Crippen LogP contribution in [-0.4, -0.2) is 70.6 Å². The van der Waals surface area contributed by atoms with Crippen molar-refractivity contribution in [2.45, 2.75) is 64.6 Å². The van der Waals surface area contributed by atoms with E-state index in [0.29, 0.717) is 91.2 Å². The Hall–Kier alpha value is -4.58. The number of halogens is 1. The number of fused-ring (bicyclic) bond motifs is 1. The Labute approximate surface area is 308 Å². The van der Waals surface area contributed by atoms with E-state index in [4.69, 9.17) is 40.8 Å². The molecule has 1 aliphatic heterocycles. The van der Waals surface area contributed by atoms with Crippen LogP contribution < -0.4 is 19.5 Å². The van der Waals surface area contributed by atoms with Gasteiger partial charge in [0.2, 0.25) is 17.6 Å². The van der Waals surface area contributed by atoms with Gasteiger partial charge in [0.05, 0.1) is 36.5 Å². The van der Waals surface area contributed by atoms with Crippen LogP contribution in [0.25, 0.3) is 22.4 Å². The second-order valence-electron chi connectivity index (χ2n) is 14.0. The van der Waals surface area contributed by atoms with Gasteiger partial charge in [-0.2, -0.15) is 4.98 Å². The number of ketones is 1. The van der Waals surface area contributed by atoms with E-state index in [-0.39, 0.29) is 12.0 Å². The molecule has 0 bridgehead atoms. The normalized spacial score (nSPS) is 19.9. The lowest BCUT2D eigenvalue weighted by molar-refractivity contribution is -0.141. The molecule has 4 aromatic rings. The quantitative estimate of drug-likeness (QED) is 0.154. The first-order valence-electron chi connectivity index (χ1n) is 17.9. The average molecular weight is 726 g/mol. The van der Waals surface area contributed by atoms with Crippen LogP contribution in [0.3, 0.4) is 0 Å². The van der Waals surface area contributed by atoms with Gasteiger partial charge in [0.15, 0.2) is 0 Å². The molecular formula is C40H44ClN5O6. The molecule has 2 fully saturated rings. The summed E-state index contributed by atoms with van der Waals surface area (Å²) < 4.78 is 17.9. The van der Waals surface area contributed by atoms with E-state index in [0.717, 1.165) is 59.3 Å². The van der Waals surface area contributed by atoms with Crippen molar-refractivity contribution in [1.82, 2.24) is 25.2 Å². The fourth-order valence-electron chi connectivity index (χ4n) is 7.77. The standard InChI is InChI=1S/C40H44ClN5O6/c1-23-37(45-39(51-3)34(43-23)22-46-17-16-26(21-46)40(48)49)52-35-15-13-29-28(6-4-7-30(29)35)31-8-5-9-32(36(31)41)33-14-11-25(38(44-33)50-2)20-42-19-24-10-12-27(47)18-24/h4-9,11,14,24,26,35,42H,10,12-13,15-22H2,1-3H3,(H,48,49)/t24-,26-,35+/m1/s1. The highest BCUT2D eigenvalue weighted by molar-refractivity contribution is 6.36. The Morgan fingerprint density at radius 2 is 1.73 bits per heavy atom. The minimum absolute atomic E-state index is 0.225. The number of aliphatic carboxylic acids is 1. The third kappa shape index (κ3) is 7.49. The minimum Gasteiger partial charge on any atom is -0.481 e. The molecule has 3 aliphatic rings. The van der Waals surface area contributed by atoms with E-state index in [1.54, 1.807) is 14.2 Å². The van der Waals surface area contributed by atoms with Gasteiger partial charge in [-0.05, 0) is 74.4 Å². The SMILES string of the molecule is COc1nc(-c2cccc(-c3cccc4c3CC[C@@H]4Oc3nc(OC)c(CN4CC[C@@H](C(=O)O)C4)nc3C)c2Cl)ccc1CNC[C@@H]1CCC(=O)C1. The number of nitrogens with one attached hydrogen (secondary N) is 1. The lowest BCUT2D eigenvalue weighted by Gasteiger charge is -2.20. The van der Waals surface area contributed by atoms with Crippen LogP contribution in [0.1, 0.15) is 66.3 Å². The maximum absolute atomic E-state index is 11.6. The summed E-state index contributed by atoms with van der Waals surface area (Å²) in [7, 11) is 3.19. The van der Waals surface area contributed by atoms with Gasteiger partial charge in [-0.1, -0.05) is 54.1 Å². The molecule has 12 heteroatoms. The van der Waals surface area contributed by atoms with Gasteiger partial charge in [0, 0.05) is 49.2 Å². The highest BCUT2D eigenvalue weighted by Crippen LogP contribution is 2.44. The molecule has 11 nitrogen and oxygen atoms in total. The van der Waals surface area contributed by atoms with Crippen LogP contribution in [-0.2, 0) is 29.1 Å². The number of carboxylic acids is 1. The number of pyridine rings is 1. The fraction of sp³-hybridized carbons (Fsp3) is 0.425. The number of Topliss-reactive ketones (excluding diaryl/α,β-unsaturated/α-hetero) is 1. The first-order chi connectivity index (χ1) is 25.2. The molecular weight excluding hydrogens is 682 g/mol. The number of aromatic nitrogens is 3. The molecule has 0 unspecified atom stereocenters. The highest BCUT2D eigenvalue weighted by atomic mass is 35.5. The van der Waals surface area contributed by atoms with E-state index in [1.807, 2.05) is 43.3 Å². The predicted molar refractivity (Wildman–Crippen MR) is 197 cm³/mol. The van der Waals surface area contributed by atoms with Crippen LogP contribution in [0.4, 0.5) is 0 Å². The van der Waals surface area contributed by atoms with Crippen molar-refractivity contribution in [3.63, 3.8) is 0 Å². The molecule has 7 rings (SSSR count). The maximum atomic E-state index is 11.6. The summed E-state index contributed by atoms with van der Waals surface area (Å²) in [5.41, 5.74) is 8.03. The number of aryl methyl sites for hydroxylation is 1. The zero-order valence-electron chi connectivity index (χ0n) is 29.8. The highest BCUT2D eigenvalue weighted by Gasteiger charge is 2.31. The van der Waals surface area contributed by atoms with Gasteiger partial charge >= 0.3 is 5.97 Å². The summed E-state index contributed by atoms with van der Waals surface area (Å²) in [5.74, 6) is 0.952. The van der Waals surface area contributed by atoms with Gasteiger partial charge < -0.3 is 24.6 Å². The Morgan fingerprint density at radius 3 is 2.48 bits per heavy atom. The second-order valence-corrected chi connectivity index (χ2v) is 14.3. The van der Waals surface area contributed by atoms with Crippen molar-refractivity contribution in [3.8, 4) is 40.0 Å². The molecule has 0 amide bonds. The summed E-state index contributed by atoms with van der Waals surface area (Å²) in [6, 6.07) is 16.2. The number of ether oxygens (including phenoxy) is 3. The summed E-state index contributed by atoms with van der Waals surface area (Å²) in [6.07, 6.45) is 4.26. The monoisotopic (exact) mass is 725 g/mol. The summed E-state index contributed by atoms with van der Waals surface area (Å²) in [6.45, 7) is 4.90. The number of hydrogen-bond acceptors (Lipinski definition) is 10. The molecule has 0 radical (unpaired) electrons. The maximum Gasteiger partial charge on any atom is 0.307 e. The van der Waals surface area contributed by atoms with Crippen LogP contribution in [0.15, 0.2) is 48.5 Å². The number of carboxylic acid groups (broad SMARTS) is 1. The minimum atomic E-state index is -0.766. The van der Waals surface area contributed by atoms with Crippen molar-refractivity contribution in [3.05, 3.63) is 81.6 Å².